The fourth-order valence-corrected chi connectivity index (χ4v) is 3.50. The SMILES string of the molecule is Cn1cc(CC(=O)Nc2c(Cl)cc(Cl)cc2Cl)c2ccccc21. The number of rotatable bonds is 3. The number of nitrogens with one attached hydrogen (secondary N) is 1. The van der Waals surface area contributed by atoms with Crippen LogP contribution in [0, 0.1) is 0 Å². The zero-order chi connectivity index (χ0) is 16.6. The molecule has 1 heterocycles. The number of amides is 1. The summed E-state index contributed by atoms with van der Waals surface area (Å²) in [6.45, 7) is 0. The van der Waals surface area contributed by atoms with E-state index in [1.54, 1.807) is 12.1 Å². The summed E-state index contributed by atoms with van der Waals surface area (Å²) in [5, 5.41) is 4.86. The third kappa shape index (κ3) is 3.32. The van der Waals surface area contributed by atoms with Crippen LogP contribution in [0.5, 0.6) is 0 Å². The Kier molecular flexibility index (Phi) is 4.53. The molecule has 0 aliphatic heterocycles. The lowest BCUT2D eigenvalue weighted by Gasteiger charge is -2.09. The molecule has 0 atom stereocenters. The molecule has 0 aliphatic carbocycles. The summed E-state index contributed by atoms with van der Waals surface area (Å²) in [5.41, 5.74) is 2.41. The van der Waals surface area contributed by atoms with Crippen molar-refractivity contribution in [2.45, 2.75) is 6.42 Å². The summed E-state index contributed by atoms with van der Waals surface area (Å²) in [6, 6.07) is 11.0. The standard InChI is InChI=1S/C17H13Cl3N2O/c1-22-9-10(12-4-2-3-5-15(12)22)6-16(23)21-17-13(19)7-11(18)8-14(17)20/h2-5,7-9H,6H2,1H3,(H,21,23). The van der Waals surface area contributed by atoms with Gasteiger partial charge in [-0.3, -0.25) is 4.79 Å². The van der Waals surface area contributed by atoms with Gasteiger partial charge in [0.05, 0.1) is 22.2 Å². The monoisotopic (exact) mass is 366 g/mol. The van der Waals surface area contributed by atoms with Gasteiger partial charge in [0.15, 0.2) is 0 Å². The Labute approximate surface area is 148 Å². The van der Waals surface area contributed by atoms with Gasteiger partial charge >= 0.3 is 0 Å². The van der Waals surface area contributed by atoms with Crippen molar-refractivity contribution in [1.82, 2.24) is 4.57 Å². The van der Waals surface area contributed by atoms with Gasteiger partial charge in [0.25, 0.3) is 0 Å². The number of hydrogen-bond donors (Lipinski definition) is 1. The van der Waals surface area contributed by atoms with Gasteiger partial charge in [0.1, 0.15) is 0 Å². The fraction of sp³-hybridized carbons (Fsp3) is 0.118. The first-order chi connectivity index (χ1) is 11.0. The lowest BCUT2D eigenvalue weighted by molar-refractivity contribution is -0.115. The first-order valence-electron chi connectivity index (χ1n) is 6.93. The molecule has 2 aromatic carbocycles. The molecule has 0 spiro atoms. The first-order valence-corrected chi connectivity index (χ1v) is 8.06. The molecule has 1 N–H and O–H groups in total. The van der Waals surface area contributed by atoms with Gasteiger partial charge in [0, 0.05) is 29.2 Å². The van der Waals surface area contributed by atoms with Crippen LogP contribution in [0.2, 0.25) is 15.1 Å². The molecule has 0 bridgehead atoms. The van der Waals surface area contributed by atoms with Crippen LogP contribution in [0.4, 0.5) is 5.69 Å². The predicted molar refractivity (Wildman–Crippen MR) is 96.7 cm³/mol. The molecule has 1 amide bonds. The summed E-state index contributed by atoms with van der Waals surface area (Å²) in [5.74, 6) is -0.188. The van der Waals surface area contributed by atoms with E-state index in [0.717, 1.165) is 16.5 Å². The molecule has 1 aromatic heterocycles. The number of para-hydroxylation sites is 1. The number of aryl methyl sites for hydroxylation is 1. The molecule has 3 aromatic rings. The normalized spacial score (nSPS) is 11.0. The molecule has 6 heteroatoms. The Balaban J connectivity index is 1.85. The molecular formula is C17H13Cl3N2O. The molecule has 23 heavy (non-hydrogen) atoms. The van der Waals surface area contributed by atoms with Crippen LogP contribution in [0.1, 0.15) is 5.56 Å². The van der Waals surface area contributed by atoms with Gasteiger partial charge in [-0.1, -0.05) is 53.0 Å². The fourth-order valence-electron chi connectivity index (χ4n) is 2.58. The number of carbonyl (C=O) groups excluding carboxylic acids is 1. The van der Waals surface area contributed by atoms with Crippen molar-refractivity contribution in [3.63, 3.8) is 0 Å². The van der Waals surface area contributed by atoms with E-state index in [-0.39, 0.29) is 12.3 Å². The number of carbonyl (C=O) groups is 1. The van der Waals surface area contributed by atoms with Crippen molar-refractivity contribution in [2.75, 3.05) is 5.32 Å². The molecule has 118 valence electrons. The van der Waals surface area contributed by atoms with E-state index in [2.05, 4.69) is 5.32 Å². The Morgan fingerprint density at radius 1 is 1.13 bits per heavy atom. The van der Waals surface area contributed by atoms with E-state index in [1.807, 2.05) is 42.1 Å². The maximum atomic E-state index is 12.4. The maximum absolute atomic E-state index is 12.4. The molecule has 0 fully saturated rings. The summed E-state index contributed by atoms with van der Waals surface area (Å²) >= 11 is 18.1. The highest BCUT2D eigenvalue weighted by Crippen LogP contribution is 2.33. The van der Waals surface area contributed by atoms with Gasteiger partial charge in [0.2, 0.25) is 5.91 Å². The van der Waals surface area contributed by atoms with Gasteiger partial charge in [-0.15, -0.1) is 0 Å². The van der Waals surface area contributed by atoms with Crippen molar-refractivity contribution < 1.29 is 4.79 Å². The van der Waals surface area contributed by atoms with Gasteiger partial charge in [-0.2, -0.15) is 0 Å². The second-order valence-corrected chi connectivity index (χ2v) is 6.50. The van der Waals surface area contributed by atoms with E-state index < -0.39 is 0 Å². The summed E-state index contributed by atoms with van der Waals surface area (Å²) in [6.07, 6.45) is 2.19. The third-order valence-corrected chi connectivity index (χ3v) is 4.42. The van der Waals surface area contributed by atoms with E-state index in [4.69, 9.17) is 34.8 Å². The Morgan fingerprint density at radius 2 is 1.78 bits per heavy atom. The van der Waals surface area contributed by atoms with E-state index in [9.17, 15) is 4.79 Å². The lowest BCUT2D eigenvalue weighted by Crippen LogP contribution is -2.15. The molecule has 3 rings (SSSR count). The average molecular weight is 368 g/mol. The molecule has 0 saturated heterocycles. The Morgan fingerprint density at radius 3 is 2.48 bits per heavy atom. The number of halogens is 3. The van der Waals surface area contributed by atoms with E-state index in [0.29, 0.717) is 20.8 Å². The van der Waals surface area contributed by atoms with Crippen molar-refractivity contribution in [1.29, 1.82) is 0 Å². The van der Waals surface area contributed by atoms with Crippen molar-refractivity contribution in [3.05, 3.63) is 63.2 Å². The number of fused-ring (bicyclic) bond motifs is 1. The minimum absolute atomic E-state index is 0.188. The molecule has 0 radical (unpaired) electrons. The topological polar surface area (TPSA) is 34.0 Å². The smallest absolute Gasteiger partial charge is 0.228 e. The quantitative estimate of drug-likeness (QED) is 0.668. The van der Waals surface area contributed by atoms with E-state index >= 15 is 0 Å². The van der Waals surface area contributed by atoms with Crippen LogP contribution in [0.15, 0.2) is 42.6 Å². The molecule has 0 saturated carbocycles. The summed E-state index contributed by atoms with van der Waals surface area (Å²) in [4.78, 5) is 12.4. The minimum atomic E-state index is -0.188. The third-order valence-electron chi connectivity index (χ3n) is 3.60. The van der Waals surface area contributed by atoms with Crippen LogP contribution >= 0.6 is 34.8 Å². The molecule has 0 aliphatic rings. The highest BCUT2D eigenvalue weighted by atomic mass is 35.5. The number of anilines is 1. The molecule has 0 unspecified atom stereocenters. The summed E-state index contributed by atoms with van der Waals surface area (Å²) < 4.78 is 2.00. The second-order valence-electron chi connectivity index (χ2n) is 5.25. The lowest BCUT2D eigenvalue weighted by atomic mass is 10.1. The number of hydrogen-bond acceptors (Lipinski definition) is 1. The van der Waals surface area contributed by atoms with Crippen molar-refractivity contribution >= 4 is 57.3 Å². The first kappa shape index (κ1) is 16.2. The number of nitrogens with zero attached hydrogens (tertiary/aromatic N) is 1. The van der Waals surface area contributed by atoms with Crippen LogP contribution in [-0.4, -0.2) is 10.5 Å². The highest BCUT2D eigenvalue weighted by molar-refractivity contribution is 6.42. The Bertz CT molecular complexity index is 879. The number of aromatic nitrogens is 1. The number of benzene rings is 2. The second kappa shape index (κ2) is 6.44. The van der Waals surface area contributed by atoms with Crippen LogP contribution in [0.25, 0.3) is 10.9 Å². The van der Waals surface area contributed by atoms with Crippen LogP contribution in [-0.2, 0) is 18.3 Å². The largest absolute Gasteiger partial charge is 0.350 e. The maximum Gasteiger partial charge on any atom is 0.228 e. The van der Waals surface area contributed by atoms with Crippen molar-refractivity contribution in [2.24, 2.45) is 7.05 Å². The van der Waals surface area contributed by atoms with Crippen molar-refractivity contribution in [3.8, 4) is 0 Å². The Hall–Kier alpha value is -1.68. The van der Waals surface area contributed by atoms with Crippen LogP contribution in [0.3, 0.4) is 0 Å². The van der Waals surface area contributed by atoms with Gasteiger partial charge in [-0.25, -0.2) is 0 Å². The predicted octanol–water partition coefficient (Wildman–Crippen LogP) is 5.32. The average Bonchev–Trinajstić information content (AvgIpc) is 2.80. The summed E-state index contributed by atoms with van der Waals surface area (Å²) in [7, 11) is 1.96. The van der Waals surface area contributed by atoms with E-state index in [1.165, 1.54) is 0 Å². The molecular weight excluding hydrogens is 355 g/mol. The minimum Gasteiger partial charge on any atom is -0.350 e. The molecule has 3 nitrogen and oxygen atoms in total. The van der Waals surface area contributed by atoms with Gasteiger partial charge < -0.3 is 9.88 Å². The van der Waals surface area contributed by atoms with Gasteiger partial charge in [-0.05, 0) is 23.8 Å². The zero-order valence-corrected chi connectivity index (χ0v) is 14.5. The zero-order valence-electron chi connectivity index (χ0n) is 12.2. The van der Waals surface area contributed by atoms with Crippen LogP contribution < -0.4 is 5.32 Å². The highest BCUT2D eigenvalue weighted by Gasteiger charge is 2.14.